The Morgan fingerprint density at radius 1 is 0.708 bits per heavy atom. The Bertz CT molecular complexity index is 277. The van der Waals surface area contributed by atoms with Gasteiger partial charge in [-0.25, -0.2) is 4.79 Å². The summed E-state index contributed by atoms with van der Waals surface area (Å²) in [5.74, 6) is -4.10. The first-order valence-corrected chi connectivity index (χ1v) is 9.69. The molecule has 0 aromatic carbocycles. The van der Waals surface area contributed by atoms with Crippen LogP contribution in [0.4, 0.5) is 0 Å². The second-order valence-corrected chi connectivity index (χ2v) is 6.47. The molecule has 0 aromatic heterocycles. The number of carbonyl (C=O) groups is 1. The van der Waals surface area contributed by atoms with Crippen molar-refractivity contribution in [1.82, 2.24) is 0 Å². The van der Waals surface area contributed by atoms with Gasteiger partial charge < -0.3 is 15.3 Å². The molecule has 0 spiro atoms. The molecule has 24 heavy (non-hydrogen) atoms. The normalized spacial score (nSPS) is 11.0. The number of hydrogen-bond acceptors (Lipinski definition) is 3. The zero-order valence-electron chi connectivity index (χ0n) is 15.8. The van der Waals surface area contributed by atoms with E-state index in [4.69, 9.17) is 15.3 Å². The van der Waals surface area contributed by atoms with Crippen LogP contribution >= 0.6 is 0 Å². The van der Waals surface area contributed by atoms with Crippen LogP contribution in [0.25, 0.3) is 0 Å². The first kappa shape index (κ1) is 25.4. The van der Waals surface area contributed by atoms with E-state index in [0.29, 0.717) is 6.42 Å². The Morgan fingerprint density at radius 2 is 1.00 bits per heavy atom. The van der Waals surface area contributed by atoms with E-state index in [2.05, 4.69) is 20.1 Å². The molecule has 144 valence electrons. The predicted molar refractivity (Wildman–Crippen MR) is 101 cm³/mol. The molecule has 0 heterocycles. The monoisotopic (exact) mass is 344 g/mol. The molecule has 0 unspecified atom stereocenters. The third-order valence-electron chi connectivity index (χ3n) is 4.22. The van der Waals surface area contributed by atoms with Gasteiger partial charge in [-0.2, -0.15) is 0 Å². The molecular formula is C20H40O4. The molecule has 0 saturated carbocycles. The SMILES string of the molecule is C=C.CCCCCCCCCCCCCCCCC(O)(O)C(=O)O. The van der Waals surface area contributed by atoms with Crippen LogP contribution in [0.3, 0.4) is 0 Å². The van der Waals surface area contributed by atoms with Gasteiger partial charge in [-0.05, 0) is 6.42 Å². The summed E-state index contributed by atoms with van der Waals surface area (Å²) in [5, 5.41) is 26.8. The van der Waals surface area contributed by atoms with Gasteiger partial charge in [0.1, 0.15) is 0 Å². The first-order chi connectivity index (χ1) is 11.5. The van der Waals surface area contributed by atoms with Crippen molar-refractivity contribution in [3.05, 3.63) is 13.2 Å². The van der Waals surface area contributed by atoms with Gasteiger partial charge in [0.2, 0.25) is 0 Å². The number of carboxylic acid groups (broad SMARTS) is 1. The van der Waals surface area contributed by atoms with Crippen molar-refractivity contribution in [3.63, 3.8) is 0 Å². The highest BCUT2D eigenvalue weighted by Gasteiger charge is 2.31. The van der Waals surface area contributed by atoms with Crippen LogP contribution in [-0.4, -0.2) is 27.1 Å². The maximum Gasteiger partial charge on any atom is 0.364 e. The molecule has 3 N–H and O–H groups in total. The Balaban J connectivity index is 0. The van der Waals surface area contributed by atoms with Gasteiger partial charge in [-0.1, -0.05) is 90.4 Å². The second-order valence-electron chi connectivity index (χ2n) is 6.47. The van der Waals surface area contributed by atoms with Gasteiger partial charge in [0.15, 0.2) is 0 Å². The van der Waals surface area contributed by atoms with E-state index in [0.717, 1.165) is 19.3 Å². The summed E-state index contributed by atoms with van der Waals surface area (Å²) in [6.45, 7) is 8.25. The topological polar surface area (TPSA) is 77.8 Å². The van der Waals surface area contributed by atoms with Crippen LogP contribution in [-0.2, 0) is 4.79 Å². The summed E-state index contributed by atoms with van der Waals surface area (Å²) in [6, 6.07) is 0. The number of aliphatic hydroxyl groups is 2. The van der Waals surface area contributed by atoms with Gasteiger partial charge in [0.25, 0.3) is 5.79 Å². The summed E-state index contributed by atoms with van der Waals surface area (Å²) in [4.78, 5) is 10.5. The highest BCUT2D eigenvalue weighted by Crippen LogP contribution is 2.15. The molecule has 0 aliphatic carbocycles. The van der Waals surface area contributed by atoms with Crippen molar-refractivity contribution in [2.24, 2.45) is 0 Å². The van der Waals surface area contributed by atoms with Crippen molar-refractivity contribution in [2.45, 2.75) is 109 Å². The van der Waals surface area contributed by atoms with E-state index < -0.39 is 11.8 Å². The lowest BCUT2D eigenvalue weighted by Crippen LogP contribution is -2.37. The molecule has 0 amide bonds. The van der Waals surface area contributed by atoms with Crippen molar-refractivity contribution < 1.29 is 20.1 Å². The van der Waals surface area contributed by atoms with Gasteiger partial charge in [0.05, 0.1) is 0 Å². The fourth-order valence-electron chi connectivity index (χ4n) is 2.67. The number of carboxylic acids is 1. The summed E-state index contributed by atoms with van der Waals surface area (Å²) >= 11 is 0. The lowest BCUT2D eigenvalue weighted by Gasteiger charge is -2.15. The Kier molecular flexibility index (Phi) is 19.5. The Morgan fingerprint density at radius 3 is 1.29 bits per heavy atom. The van der Waals surface area contributed by atoms with E-state index in [1.807, 2.05) is 0 Å². The fraction of sp³-hybridized carbons (Fsp3) is 0.850. The third kappa shape index (κ3) is 17.5. The fourth-order valence-corrected chi connectivity index (χ4v) is 2.67. The summed E-state index contributed by atoms with van der Waals surface area (Å²) in [7, 11) is 0. The summed E-state index contributed by atoms with van der Waals surface area (Å²) in [6.07, 6.45) is 17.0. The average Bonchev–Trinajstić information content (AvgIpc) is 2.57. The minimum Gasteiger partial charge on any atom is -0.477 e. The van der Waals surface area contributed by atoms with E-state index >= 15 is 0 Å². The predicted octanol–water partition coefficient (Wildman–Crippen LogP) is 5.43. The van der Waals surface area contributed by atoms with Gasteiger partial charge in [-0.15, -0.1) is 13.2 Å². The zero-order chi connectivity index (χ0) is 18.7. The number of unbranched alkanes of at least 4 members (excludes halogenated alkanes) is 13. The van der Waals surface area contributed by atoms with Crippen LogP contribution in [0.2, 0.25) is 0 Å². The highest BCUT2D eigenvalue weighted by molar-refractivity contribution is 5.74. The van der Waals surface area contributed by atoms with Gasteiger partial charge in [0, 0.05) is 6.42 Å². The van der Waals surface area contributed by atoms with Crippen LogP contribution < -0.4 is 0 Å². The van der Waals surface area contributed by atoms with Gasteiger partial charge >= 0.3 is 5.97 Å². The lowest BCUT2D eigenvalue weighted by atomic mass is 10.0. The minimum absolute atomic E-state index is 0.0830. The quantitative estimate of drug-likeness (QED) is 0.198. The van der Waals surface area contributed by atoms with Gasteiger partial charge in [-0.3, -0.25) is 0 Å². The van der Waals surface area contributed by atoms with Crippen LogP contribution in [0.15, 0.2) is 13.2 Å². The van der Waals surface area contributed by atoms with E-state index in [-0.39, 0.29) is 6.42 Å². The Labute approximate surface area is 149 Å². The summed E-state index contributed by atoms with van der Waals surface area (Å²) in [5.41, 5.74) is 0. The second kappa shape index (κ2) is 18.5. The van der Waals surface area contributed by atoms with E-state index in [1.54, 1.807) is 0 Å². The average molecular weight is 345 g/mol. The standard InChI is InChI=1S/C18H36O4.C2H4/c1-2-3-4-5-6-7-8-9-10-11-12-13-14-15-16-18(21,22)17(19)20;1-2/h21-22H,2-16H2,1H3,(H,19,20);1-2H2. The molecule has 0 rings (SSSR count). The largest absolute Gasteiger partial charge is 0.477 e. The van der Waals surface area contributed by atoms with E-state index in [1.165, 1.54) is 64.2 Å². The molecule has 0 aliphatic heterocycles. The molecule has 0 aromatic rings. The highest BCUT2D eigenvalue weighted by atomic mass is 16.5. The lowest BCUT2D eigenvalue weighted by molar-refractivity contribution is -0.205. The molecule has 0 aliphatic rings. The van der Waals surface area contributed by atoms with Crippen molar-refractivity contribution in [1.29, 1.82) is 0 Å². The molecule has 4 nitrogen and oxygen atoms in total. The number of aliphatic carboxylic acids is 1. The number of hydrogen-bond donors (Lipinski definition) is 3. The molecule has 0 radical (unpaired) electrons. The molecule has 0 saturated heterocycles. The Hall–Kier alpha value is -0.870. The first-order valence-electron chi connectivity index (χ1n) is 9.69. The van der Waals surface area contributed by atoms with E-state index in [9.17, 15) is 4.79 Å². The maximum absolute atomic E-state index is 10.5. The van der Waals surface area contributed by atoms with Crippen molar-refractivity contribution >= 4 is 5.97 Å². The van der Waals surface area contributed by atoms with Crippen LogP contribution in [0.5, 0.6) is 0 Å². The van der Waals surface area contributed by atoms with Crippen LogP contribution in [0.1, 0.15) is 103 Å². The maximum atomic E-state index is 10.5. The molecule has 0 bridgehead atoms. The zero-order valence-corrected chi connectivity index (χ0v) is 15.8. The minimum atomic E-state index is -2.54. The molecule has 4 heteroatoms. The smallest absolute Gasteiger partial charge is 0.364 e. The number of rotatable bonds is 16. The third-order valence-corrected chi connectivity index (χ3v) is 4.22. The molecule has 0 fully saturated rings. The molecule has 0 atom stereocenters. The van der Waals surface area contributed by atoms with Crippen LogP contribution in [0, 0.1) is 0 Å². The molecular weight excluding hydrogens is 304 g/mol. The summed E-state index contributed by atoms with van der Waals surface area (Å²) < 4.78 is 0. The van der Waals surface area contributed by atoms with Crippen molar-refractivity contribution in [3.8, 4) is 0 Å². The van der Waals surface area contributed by atoms with Crippen molar-refractivity contribution in [2.75, 3.05) is 0 Å².